The Labute approximate surface area is 171 Å². The van der Waals surface area contributed by atoms with Crippen molar-refractivity contribution in [2.75, 3.05) is 0 Å². The van der Waals surface area contributed by atoms with Gasteiger partial charge < -0.3 is 4.40 Å². The Bertz CT molecular complexity index is 1820. The monoisotopic (exact) mass is 388 g/mol. The summed E-state index contributed by atoms with van der Waals surface area (Å²) in [7, 11) is 0. The number of hydrogen-bond donors (Lipinski definition) is 0. The molecule has 2 nitrogen and oxygen atoms in total. The van der Waals surface area contributed by atoms with Crippen LogP contribution in [-0.4, -0.2) is 9.38 Å². The average Bonchev–Trinajstić information content (AvgIpc) is 3.09. The van der Waals surface area contributed by atoms with Crippen molar-refractivity contribution in [1.82, 2.24) is 9.38 Å². The van der Waals surface area contributed by atoms with Crippen molar-refractivity contribution < 1.29 is 4.39 Å². The van der Waals surface area contributed by atoms with Crippen LogP contribution in [0, 0.1) is 19.7 Å². The molecule has 0 amide bonds. The summed E-state index contributed by atoms with van der Waals surface area (Å²) in [5.74, 6) is -0.196. The van der Waals surface area contributed by atoms with Gasteiger partial charge in [0.15, 0.2) is 0 Å². The minimum atomic E-state index is -0.196. The summed E-state index contributed by atoms with van der Waals surface area (Å²) in [5, 5.41) is 7.69. The van der Waals surface area contributed by atoms with Gasteiger partial charge >= 0.3 is 0 Å². The minimum absolute atomic E-state index is 0.196. The van der Waals surface area contributed by atoms with Crippen LogP contribution in [0.1, 0.15) is 11.1 Å². The second-order valence-electron chi connectivity index (χ2n) is 8.31. The first kappa shape index (κ1) is 16.1. The van der Waals surface area contributed by atoms with Gasteiger partial charge in [-0.05, 0) is 53.8 Å². The maximum absolute atomic E-state index is 15.2. The van der Waals surface area contributed by atoms with Gasteiger partial charge in [0.2, 0.25) is 0 Å². The molecule has 0 radical (unpaired) electrons. The van der Waals surface area contributed by atoms with Crippen molar-refractivity contribution in [2.24, 2.45) is 0 Å². The highest BCUT2D eigenvalue weighted by atomic mass is 19.1. The predicted molar refractivity (Wildman–Crippen MR) is 123 cm³/mol. The quantitative estimate of drug-likeness (QED) is 0.197. The lowest BCUT2D eigenvalue weighted by atomic mass is 9.96. The van der Waals surface area contributed by atoms with Crippen LogP contribution in [0.2, 0.25) is 0 Å². The molecule has 7 aromatic rings. The number of nitrogens with zero attached hydrogens (tertiary/aromatic N) is 2. The lowest BCUT2D eigenvalue weighted by Gasteiger charge is -2.16. The van der Waals surface area contributed by atoms with E-state index in [2.05, 4.69) is 54.6 Å². The zero-order chi connectivity index (χ0) is 20.1. The van der Waals surface area contributed by atoms with Crippen molar-refractivity contribution in [3.63, 3.8) is 0 Å². The molecular weight excluding hydrogens is 371 g/mol. The molecule has 0 atom stereocenters. The maximum atomic E-state index is 15.2. The normalized spacial score (nSPS) is 12.5. The van der Waals surface area contributed by atoms with Crippen LogP contribution < -0.4 is 0 Å². The van der Waals surface area contributed by atoms with E-state index in [1.165, 1.54) is 16.3 Å². The van der Waals surface area contributed by atoms with Crippen molar-refractivity contribution in [2.45, 2.75) is 13.8 Å². The van der Waals surface area contributed by atoms with E-state index in [1.54, 1.807) is 12.1 Å². The van der Waals surface area contributed by atoms with E-state index >= 15 is 4.39 Å². The third-order valence-corrected chi connectivity index (χ3v) is 6.63. The Morgan fingerprint density at radius 1 is 0.733 bits per heavy atom. The molecule has 0 unspecified atom stereocenters. The second kappa shape index (κ2) is 5.25. The number of benzene rings is 4. The number of aryl methyl sites for hydroxylation is 2. The Morgan fingerprint density at radius 2 is 1.57 bits per heavy atom. The Kier molecular flexibility index (Phi) is 2.82. The molecule has 142 valence electrons. The van der Waals surface area contributed by atoms with E-state index < -0.39 is 0 Å². The first-order valence-electron chi connectivity index (χ1n) is 10.2. The maximum Gasteiger partial charge on any atom is 0.147 e. The molecule has 0 saturated heterocycles. The summed E-state index contributed by atoms with van der Waals surface area (Å²) in [6, 6.07) is 20.4. The minimum Gasteiger partial charge on any atom is -0.305 e. The Hall–Kier alpha value is -3.72. The highest BCUT2D eigenvalue weighted by Crippen LogP contribution is 2.43. The number of para-hydroxylation sites is 1. The fourth-order valence-electron chi connectivity index (χ4n) is 5.37. The lowest BCUT2D eigenvalue weighted by Crippen LogP contribution is -1.98. The number of fused-ring (bicyclic) bond motifs is 7. The zero-order valence-electron chi connectivity index (χ0n) is 16.6. The van der Waals surface area contributed by atoms with E-state index in [0.717, 1.165) is 49.0 Å². The predicted octanol–water partition coefficient (Wildman–Crippen LogP) is 7.29. The molecular formula is C27H17FN2. The number of pyridine rings is 2. The van der Waals surface area contributed by atoms with Gasteiger partial charge in [-0.25, -0.2) is 4.39 Å². The Balaban J connectivity index is 1.96. The smallest absolute Gasteiger partial charge is 0.147 e. The third kappa shape index (κ3) is 1.77. The van der Waals surface area contributed by atoms with E-state index in [0.29, 0.717) is 5.52 Å². The SMILES string of the molecule is Cc1ccc2c(C)c3c(cc2c1)c1nccc2ccc4c5cccc(F)c5n3c4c21. The van der Waals surface area contributed by atoms with Crippen LogP contribution in [0.25, 0.3) is 59.8 Å². The zero-order valence-corrected chi connectivity index (χ0v) is 16.6. The molecule has 0 spiro atoms. The molecule has 3 aromatic heterocycles. The van der Waals surface area contributed by atoms with Crippen LogP contribution in [0.3, 0.4) is 0 Å². The summed E-state index contributed by atoms with van der Waals surface area (Å²) >= 11 is 0. The van der Waals surface area contributed by atoms with Crippen LogP contribution >= 0.6 is 0 Å². The number of hydrogen-bond acceptors (Lipinski definition) is 1. The molecule has 0 aliphatic rings. The summed E-state index contributed by atoms with van der Waals surface area (Å²) in [4.78, 5) is 4.82. The van der Waals surface area contributed by atoms with E-state index in [9.17, 15) is 0 Å². The average molecular weight is 388 g/mol. The summed E-state index contributed by atoms with van der Waals surface area (Å²) in [6.07, 6.45) is 1.88. The van der Waals surface area contributed by atoms with E-state index in [1.807, 2.05) is 18.3 Å². The molecule has 0 saturated carbocycles. The number of halogens is 1. The van der Waals surface area contributed by atoms with Crippen molar-refractivity contribution >= 4 is 59.8 Å². The van der Waals surface area contributed by atoms with Gasteiger partial charge in [0.1, 0.15) is 5.82 Å². The fraction of sp³-hybridized carbons (Fsp3) is 0.0741. The summed E-state index contributed by atoms with van der Waals surface area (Å²) in [5.41, 5.74) is 6.09. The van der Waals surface area contributed by atoms with Crippen molar-refractivity contribution in [3.05, 3.63) is 83.8 Å². The molecule has 0 aliphatic heterocycles. The van der Waals surface area contributed by atoms with E-state index in [-0.39, 0.29) is 5.82 Å². The standard InChI is InChI=1S/C27H17FN2/c1-14-6-8-18-15(2)25-21(13-17(18)12-14)24-23-16(10-11-29-24)7-9-20-19-4-3-5-22(28)26(19)30(25)27(20)23/h3-13H,1-2H3. The topological polar surface area (TPSA) is 17.3 Å². The first-order chi connectivity index (χ1) is 14.6. The highest BCUT2D eigenvalue weighted by Gasteiger charge is 2.22. The molecule has 30 heavy (non-hydrogen) atoms. The highest BCUT2D eigenvalue weighted by molar-refractivity contribution is 6.28. The van der Waals surface area contributed by atoms with Gasteiger partial charge in [-0.2, -0.15) is 0 Å². The number of rotatable bonds is 0. The van der Waals surface area contributed by atoms with E-state index in [4.69, 9.17) is 4.98 Å². The molecule has 3 heteroatoms. The van der Waals surface area contributed by atoms with Gasteiger partial charge in [-0.15, -0.1) is 0 Å². The van der Waals surface area contributed by atoms with Crippen molar-refractivity contribution in [3.8, 4) is 0 Å². The third-order valence-electron chi connectivity index (χ3n) is 6.63. The van der Waals surface area contributed by atoms with Crippen LogP contribution in [0.4, 0.5) is 4.39 Å². The summed E-state index contributed by atoms with van der Waals surface area (Å²) < 4.78 is 17.4. The fourth-order valence-corrected chi connectivity index (χ4v) is 5.37. The van der Waals surface area contributed by atoms with Gasteiger partial charge in [-0.1, -0.05) is 48.0 Å². The molecule has 4 aromatic carbocycles. The second-order valence-corrected chi connectivity index (χ2v) is 8.31. The molecule has 0 bridgehead atoms. The molecule has 0 aliphatic carbocycles. The van der Waals surface area contributed by atoms with Gasteiger partial charge in [0.25, 0.3) is 0 Å². The Morgan fingerprint density at radius 3 is 2.47 bits per heavy atom. The first-order valence-corrected chi connectivity index (χ1v) is 10.2. The van der Waals surface area contributed by atoms with Gasteiger partial charge in [0.05, 0.1) is 22.1 Å². The van der Waals surface area contributed by atoms with Crippen LogP contribution in [0.15, 0.2) is 66.9 Å². The molecule has 0 N–H and O–H groups in total. The van der Waals surface area contributed by atoms with Gasteiger partial charge in [-0.3, -0.25) is 4.98 Å². The van der Waals surface area contributed by atoms with Crippen LogP contribution in [-0.2, 0) is 0 Å². The van der Waals surface area contributed by atoms with Crippen LogP contribution in [0.5, 0.6) is 0 Å². The van der Waals surface area contributed by atoms with Crippen molar-refractivity contribution in [1.29, 1.82) is 0 Å². The largest absolute Gasteiger partial charge is 0.305 e. The molecule has 0 fully saturated rings. The summed E-state index contributed by atoms with van der Waals surface area (Å²) in [6.45, 7) is 4.25. The number of aromatic nitrogens is 2. The molecule has 7 rings (SSSR count). The molecule has 3 heterocycles. The lowest BCUT2D eigenvalue weighted by molar-refractivity contribution is 0.636. The van der Waals surface area contributed by atoms with Gasteiger partial charge in [0, 0.05) is 27.7 Å².